The fraction of sp³-hybridized carbons (Fsp3) is 0.308. The molecular formula is C26H30F3N7O6S. The van der Waals surface area contributed by atoms with Crippen LogP contribution < -0.4 is 20.7 Å². The van der Waals surface area contributed by atoms with Gasteiger partial charge >= 0.3 is 12.3 Å². The molecule has 1 fully saturated rings. The number of aliphatic carboxylic acids is 1. The lowest BCUT2D eigenvalue weighted by Crippen LogP contribution is -2.60. The number of piperazine rings is 1. The summed E-state index contributed by atoms with van der Waals surface area (Å²) in [5, 5.41) is 11.8. The van der Waals surface area contributed by atoms with Crippen molar-refractivity contribution in [3.63, 3.8) is 0 Å². The number of carbonyl (C=O) groups is 2. The van der Waals surface area contributed by atoms with Gasteiger partial charge in [-0.1, -0.05) is 12.6 Å². The van der Waals surface area contributed by atoms with Crippen LogP contribution in [0.5, 0.6) is 5.75 Å². The third-order valence-electron chi connectivity index (χ3n) is 6.15. The number of aliphatic imine (C=N–C) groups is 1. The largest absolute Gasteiger partial charge is 0.573 e. The Balaban J connectivity index is 1.88. The van der Waals surface area contributed by atoms with Crippen LogP contribution in [-0.2, 0) is 26.2 Å². The molecule has 1 atom stereocenters. The van der Waals surface area contributed by atoms with Crippen molar-refractivity contribution in [2.75, 3.05) is 38.6 Å². The van der Waals surface area contributed by atoms with Gasteiger partial charge in [0.2, 0.25) is 15.9 Å². The number of benzene rings is 1. The summed E-state index contributed by atoms with van der Waals surface area (Å²) in [7, 11) is -0.762. The Labute approximate surface area is 245 Å². The first kappa shape index (κ1) is 32.9. The average molecular weight is 626 g/mol. The molecule has 4 N–H and O–H groups in total. The topological polar surface area (TPSA) is 171 Å². The van der Waals surface area contributed by atoms with E-state index in [2.05, 4.69) is 26.6 Å². The monoisotopic (exact) mass is 625 g/mol. The van der Waals surface area contributed by atoms with E-state index in [4.69, 9.17) is 10.8 Å². The number of carboxylic acid groups (broad SMARTS) is 1. The second-order valence-corrected chi connectivity index (χ2v) is 11.2. The molecule has 0 aliphatic carbocycles. The smallest absolute Gasteiger partial charge is 0.477 e. The Bertz CT molecular complexity index is 1490. The maximum Gasteiger partial charge on any atom is 0.573 e. The summed E-state index contributed by atoms with van der Waals surface area (Å²) in [6.07, 6.45) is -1.34. The predicted octanol–water partition coefficient (Wildman–Crippen LogP) is 1.51. The first-order valence-electron chi connectivity index (χ1n) is 12.5. The summed E-state index contributed by atoms with van der Waals surface area (Å²) in [4.78, 5) is 35.5. The van der Waals surface area contributed by atoms with E-state index >= 15 is 0 Å². The number of aromatic nitrogens is 1. The van der Waals surface area contributed by atoms with E-state index in [0.29, 0.717) is 11.4 Å². The van der Waals surface area contributed by atoms with E-state index in [0.717, 1.165) is 40.8 Å². The molecule has 1 amide bonds. The van der Waals surface area contributed by atoms with Gasteiger partial charge in [-0.2, -0.15) is 4.31 Å². The van der Waals surface area contributed by atoms with Gasteiger partial charge < -0.3 is 30.7 Å². The van der Waals surface area contributed by atoms with Gasteiger partial charge in [-0.25, -0.2) is 23.2 Å². The third-order valence-corrected chi connectivity index (χ3v) is 8.07. The molecule has 3 rings (SSSR count). The van der Waals surface area contributed by atoms with E-state index in [1.807, 2.05) is 14.1 Å². The predicted molar refractivity (Wildman–Crippen MR) is 150 cm³/mol. The molecule has 0 spiro atoms. The molecule has 2 heterocycles. The minimum absolute atomic E-state index is 0.0114. The van der Waals surface area contributed by atoms with Crippen LogP contribution >= 0.6 is 0 Å². The van der Waals surface area contributed by atoms with Crippen LogP contribution in [0, 0.1) is 0 Å². The van der Waals surface area contributed by atoms with Gasteiger partial charge in [-0.15, -0.1) is 13.2 Å². The number of amides is 1. The molecule has 0 bridgehead atoms. The highest BCUT2D eigenvalue weighted by atomic mass is 32.2. The molecule has 1 aromatic carbocycles. The molecule has 1 aliphatic rings. The van der Waals surface area contributed by atoms with Crippen molar-refractivity contribution in [3.05, 3.63) is 72.8 Å². The molecule has 1 saturated heterocycles. The Hall–Kier alpha value is -4.64. The minimum atomic E-state index is -4.96. The number of anilines is 1. The van der Waals surface area contributed by atoms with E-state index < -0.39 is 40.1 Å². The second kappa shape index (κ2) is 13.6. The molecule has 0 unspecified atom stereocenters. The molecule has 0 radical (unpaired) electrons. The number of carbonyl (C=O) groups excluding carboxylic acids is 1. The van der Waals surface area contributed by atoms with Gasteiger partial charge in [-0.05, 0) is 42.0 Å². The summed E-state index contributed by atoms with van der Waals surface area (Å²) in [6.45, 7) is 2.88. The zero-order valence-electron chi connectivity index (χ0n) is 23.2. The first-order valence-corrected chi connectivity index (χ1v) is 14.0. The number of pyridine rings is 1. The fourth-order valence-corrected chi connectivity index (χ4v) is 5.53. The Morgan fingerprint density at radius 3 is 2.44 bits per heavy atom. The third kappa shape index (κ3) is 8.68. The number of halogens is 3. The van der Waals surface area contributed by atoms with Crippen molar-refractivity contribution < 1.29 is 41.0 Å². The molecule has 17 heteroatoms. The van der Waals surface area contributed by atoms with Crippen molar-refractivity contribution in [2.24, 2.45) is 10.7 Å². The number of nitrogens with one attached hydrogen (secondary N) is 1. The zero-order chi connectivity index (χ0) is 31.9. The summed E-state index contributed by atoms with van der Waals surface area (Å²) in [5.41, 5.74) is 6.34. The summed E-state index contributed by atoms with van der Waals surface area (Å²) < 4.78 is 69.6. The molecular weight excluding hydrogens is 595 g/mol. The summed E-state index contributed by atoms with van der Waals surface area (Å²) in [5.74, 6) is -1.98. The lowest BCUT2D eigenvalue weighted by molar-refractivity contribution is -0.274. The number of alkyl halides is 3. The number of sulfonamides is 1. The van der Waals surface area contributed by atoms with Gasteiger partial charge in [0.25, 0.3) is 0 Å². The van der Waals surface area contributed by atoms with E-state index in [1.165, 1.54) is 4.90 Å². The highest BCUT2D eigenvalue weighted by molar-refractivity contribution is 7.89. The highest BCUT2D eigenvalue weighted by Crippen LogP contribution is 2.27. The maximum atomic E-state index is 13.6. The molecule has 232 valence electrons. The van der Waals surface area contributed by atoms with Gasteiger partial charge in [0, 0.05) is 46.5 Å². The van der Waals surface area contributed by atoms with Crippen molar-refractivity contribution in [1.82, 2.24) is 19.5 Å². The van der Waals surface area contributed by atoms with Crippen LogP contribution in [0.25, 0.3) is 0 Å². The first-order chi connectivity index (χ1) is 20.1. The van der Waals surface area contributed by atoms with E-state index in [-0.39, 0.29) is 42.6 Å². The number of rotatable bonds is 11. The lowest BCUT2D eigenvalue weighted by atomic mass is 10.2. The normalized spacial score (nSPS) is 16.9. The van der Waals surface area contributed by atoms with Gasteiger partial charge in [0.1, 0.15) is 29.1 Å². The number of nitrogens with zero attached hydrogens (tertiary/aromatic N) is 5. The number of hydrogen-bond donors (Lipinski definition) is 3. The van der Waals surface area contributed by atoms with Crippen molar-refractivity contribution in [1.29, 1.82) is 0 Å². The van der Waals surface area contributed by atoms with Crippen LogP contribution in [0.3, 0.4) is 0 Å². The Morgan fingerprint density at radius 2 is 1.91 bits per heavy atom. The molecule has 0 saturated carbocycles. The summed E-state index contributed by atoms with van der Waals surface area (Å²) in [6, 6.07) is 5.75. The van der Waals surface area contributed by atoms with Crippen LogP contribution in [0.4, 0.5) is 19.0 Å². The molecule has 43 heavy (non-hydrogen) atoms. The van der Waals surface area contributed by atoms with Crippen molar-refractivity contribution >= 4 is 33.4 Å². The van der Waals surface area contributed by atoms with Crippen LogP contribution in [-0.4, -0.2) is 91.4 Å². The SMILES string of the molecule is C=CC(=N/C=C(\N)N1CCN(S(=O)(=O)c2ccc(OC(F)(F)F)cc2)[C@@H](C(=O)NCc2ccc(N(C)C)nc2)C1)C(=O)O. The van der Waals surface area contributed by atoms with Crippen LogP contribution in [0.1, 0.15) is 5.56 Å². The number of nitrogens with two attached hydrogens (primary N) is 1. The number of carboxylic acids is 1. The average Bonchev–Trinajstić information content (AvgIpc) is 2.95. The standard InChI is InChI=1S/C26H30F3N7O6S/c1-4-20(25(38)39)31-15-22(30)35-11-12-36(43(40,41)19-8-6-18(7-9-19)42-26(27,28)29)21(16-35)24(37)33-14-17-5-10-23(32-13-17)34(2)3/h4-10,13,15,21H,1,11-12,14,16,30H2,2-3H3,(H,33,37)(H,38,39)/b22-15+,31-20?/t21-/m1/s1. The Kier molecular flexibility index (Phi) is 10.4. The zero-order valence-corrected chi connectivity index (χ0v) is 24.0. The van der Waals surface area contributed by atoms with Crippen LogP contribution in [0.15, 0.2) is 77.2 Å². The lowest BCUT2D eigenvalue weighted by Gasteiger charge is -2.40. The highest BCUT2D eigenvalue weighted by Gasteiger charge is 2.40. The maximum absolute atomic E-state index is 13.6. The number of ether oxygens (including phenoxy) is 1. The molecule has 1 aliphatic heterocycles. The quantitative estimate of drug-likeness (QED) is 0.311. The van der Waals surface area contributed by atoms with Gasteiger partial charge in [0.05, 0.1) is 11.1 Å². The minimum Gasteiger partial charge on any atom is -0.477 e. The molecule has 13 nitrogen and oxygen atoms in total. The van der Waals surface area contributed by atoms with Crippen LogP contribution in [0.2, 0.25) is 0 Å². The molecule has 2 aromatic rings. The van der Waals surface area contributed by atoms with E-state index in [1.54, 1.807) is 23.2 Å². The van der Waals surface area contributed by atoms with Gasteiger partial charge in [-0.3, -0.25) is 4.79 Å². The van der Waals surface area contributed by atoms with E-state index in [9.17, 15) is 31.2 Å². The van der Waals surface area contributed by atoms with Gasteiger partial charge in [0.15, 0.2) is 0 Å². The summed E-state index contributed by atoms with van der Waals surface area (Å²) >= 11 is 0. The number of hydrogen-bond acceptors (Lipinski definition) is 10. The molecule has 1 aromatic heterocycles. The van der Waals surface area contributed by atoms with Crippen molar-refractivity contribution in [2.45, 2.75) is 23.8 Å². The van der Waals surface area contributed by atoms with Crippen molar-refractivity contribution in [3.8, 4) is 5.75 Å². The Morgan fingerprint density at radius 1 is 1.23 bits per heavy atom. The second-order valence-electron chi connectivity index (χ2n) is 9.31. The fourth-order valence-electron chi connectivity index (χ4n) is 3.96.